The number of pyridine rings is 1. The van der Waals surface area contributed by atoms with Gasteiger partial charge in [-0.25, -0.2) is 22.6 Å². The van der Waals surface area contributed by atoms with E-state index in [0.29, 0.717) is 16.9 Å². The van der Waals surface area contributed by atoms with Gasteiger partial charge in [0.05, 0.1) is 17.6 Å². The summed E-state index contributed by atoms with van der Waals surface area (Å²) in [6.45, 7) is 3.41. The molecule has 35 heavy (non-hydrogen) atoms. The second-order valence-corrected chi connectivity index (χ2v) is 8.47. The number of benzene rings is 1. The van der Waals surface area contributed by atoms with E-state index in [2.05, 4.69) is 25.9 Å². The fourth-order valence-corrected chi connectivity index (χ4v) is 3.77. The van der Waals surface area contributed by atoms with E-state index >= 15 is 0 Å². The average molecular weight is 488 g/mol. The number of hydrogen-bond donors (Lipinski definition) is 2. The maximum atomic E-state index is 13.6. The zero-order valence-corrected chi connectivity index (χ0v) is 19.2. The van der Waals surface area contributed by atoms with Gasteiger partial charge < -0.3 is 10.1 Å². The maximum Gasteiger partial charge on any atom is 0.413 e. The highest BCUT2D eigenvalue weighted by Crippen LogP contribution is 2.42. The molecule has 2 amide bonds. The molecule has 1 aliphatic rings. The van der Waals surface area contributed by atoms with Gasteiger partial charge in [-0.1, -0.05) is 11.3 Å². The second kappa shape index (κ2) is 9.35. The van der Waals surface area contributed by atoms with E-state index in [4.69, 9.17) is 4.74 Å². The Balaban J connectivity index is 1.42. The number of nitrogens with zero attached hydrogens (tertiary/aromatic N) is 4. The lowest BCUT2D eigenvalue weighted by Crippen LogP contribution is -2.42. The number of aryl methyl sites for hydroxylation is 2. The quantitative estimate of drug-likeness (QED) is 0.524. The third-order valence-electron chi connectivity index (χ3n) is 5.74. The number of aromatic nitrogens is 4. The van der Waals surface area contributed by atoms with Gasteiger partial charge in [0.15, 0.2) is 11.5 Å². The van der Waals surface area contributed by atoms with Crippen molar-refractivity contribution in [1.82, 2.24) is 20.0 Å². The number of amides is 2. The first-order valence-corrected chi connectivity index (χ1v) is 10.8. The van der Waals surface area contributed by atoms with Crippen molar-refractivity contribution in [3.63, 3.8) is 0 Å². The monoisotopic (exact) mass is 488 g/mol. The first-order chi connectivity index (χ1) is 16.5. The van der Waals surface area contributed by atoms with Crippen molar-refractivity contribution in [2.45, 2.75) is 38.7 Å². The topological polar surface area (TPSA) is 111 Å². The van der Waals surface area contributed by atoms with Crippen LogP contribution in [0.5, 0.6) is 0 Å². The Bertz CT molecular complexity index is 1250. The molecule has 0 saturated heterocycles. The predicted molar refractivity (Wildman–Crippen MR) is 120 cm³/mol. The van der Waals surface area contributed by atoms with Crippen LogP contribution in [0.2, 0.25) is 0 Å². The van der Waals surface area contributed by atoms with Crippen molar-refractivity contribution in [2.24, 2.45) is 13.0 Å². The number of alkyl halides is 2. The maximum absolute atomic E-state index is 13.6. The summed E-state index contributed by atoms with van der Waals surface area (Å²) < 4.78 is 46.3. The van der Waals surface area contributed by atoms with Crippen LogP contribution in [-0.4, -0.2) is 37.9 Å². The van der Waals surface area contributed by atoms with E-state index in [1.54, 1.807) is 39.1 Å². The smallest absolute Gasteiger partial charge is 0.413 e. The van der Waals surface area contributed by atoms with Gasteiger partial charge in [-0.05, 0) is 49.2 Å². The summed E-state index contributed by atoms with van der Waals surface area (Å²) in [6.07, 6.45) is -1.09. The fraction of sp³-hybridized carbons (Fsp3) is 0.348. The van der Waals surface area contributed by atoms with Crippen molar-refractivity contribution in [2.75, 3.05) is 10.6 Å². The molecule has 1 fully saturated rings. The van der Waals surface area contributed by atoms with E-state index in [0.717, 1.165) is 5.56 Å². The summed E-state index contributed by atoms with van der Waals surface area (Å²) in [5.74, 6) is -4.23. The van der Waals surface area contributed by atoms with Crippen molar-refractivity contribution in [3.8, 4) is 11.4 Å². The number of carbonyl (C=O) groups excluding carboxylic acids is 2. The third kappa shape index (κ3) is 5.42. The van der Waals surface area contributed by atoms with Crippen molar-refractivity contribution in [3.05, 3.63) is 53.5 Å². The van der Waals surface area contributed by atoms with Gasteiger partial charge >= 0.3 is 6.09 Å². The molecule has 4 rings (SSSR count). The van der Waals surface area contributed by atoms with E-state index in [1.807, 2.05) is 0 Å². The molecule has 9 nitrogen and oxygen atoms in total. The Morgan fingerprint density at radius 3 is 2.60 bits per heavy atom. The summed E-state index contributed by atoms with van der Waals surface area (Å²) in [6, 6.07) is 7.33. The van der Waals surface area contributed by atoms with Crippen LogP contribution in [0.3, 0.4) is 0 Å². The van der Waals surface area contributed by atoms with Gasteiger partial charge in [0.2, 0.25) is 11.8 Å². The van der Waals surface area contributed by atoms with Crippen molar-refractivity contribution in [1.29, 1.82) is 0 Å². The third-order valence-corrected chi connectivity index (χ3v) is 5.74. The number of carbonyl (C=O) groups is 2. The molecule has 2 heterocycles. The molecular weight excluding hydrogens is 465 g/mol. The number of nitrogens with one attached hydrogen (secondary N) is 2. The largest absolute Gasteiger partial charge is 0.441 e. The number of anilines is 2. The van der Waals surface area contributed by atoms with Gasteiger partial charge in [0.1, 0.15) is 11.9 Å². The lowest BCUT2D eigenvalue weighted by molar-refractivity contribution is -0.145. The molecule has 2 N–H and O–H groups in total. The Kier molecular flexibility index (Phi) is 6.46. The van der Waals surface area contributed by atoms with Gasteiger partial charge in [0, 0.05) is 25.8 Å². The molecule has 1 atom stereocenters. The minimum absolute atomic E-state index is 0.208. The van der Waals surface area contributed by atoms with Crippen LogP contribution in [0.4, 0.5) is 29.5 Å². The SMILES string of the molecule is Cc1ccc(F)cc1C(C)OC(=O)Nc1c(-c2ccc(NC(=O)C3CC(F)(F)C3)cn2)nnn1C. The summed E-state index contributed by atoms with van der Waals surface area (Å²) in [5.41, 5.74) is 2.24. The number of rotatable bonds is 6. The van der Waals surface area contributed by atoms with Crippen LogP contribution < -0.4 is 10.6 Å². The number of ether oxygens (including phenoxy) is 1. The Hall–Kier alpha value is -3.96. The van der Waals surface area contributed by atoms with Crippen LogP contribution in [0.1, 0.15) is 37.0 Å². The van der Waals surface area contributed by atoms with Gasteiger partial charge in [-0.2, -0.15) is 0 Å². The second-order valence-electron chi connectivity index (χ2n) is 8.47. The first-order valence-electron chi connectivity index (χ1n) is 10.8. The zero-order valence-electron chi connectivity index (χ0n) is 19.2. The molecule has 2 aromatic heterocycles. The molecule has 1 aliphatic carbocycles. The molecule has 1 unspecified atom stereocenters. The molecule has 0 aliphatic heterocycles. The van der Waals surface area contributed by atoms with E-state index < -0.39 is 48.6 Å². The predicted octanol–water partition coefficient (Wildman–Crippen LogP) is 4.62. The Morgan fingerprint density at radius 2 is 1.94 bits per heavy atom. The average Bonchev–Trinajstić information content (AvgIpc) is 3.14. The molecule has 12 heteroatoms. The zero-order chi connectivity index (χ0) is 25.3. The standard InChI is InChI=1S/C23H23F3N6O3/c1-12-4-5-15(24)8-17(12)13(2)35-22(34)29-20-19(30-31-32(20)3)18-7-6-16(11-27-18)28-21(33)14-9-23(25,26)10-14/h4-8,11,13-14H,9-10H2,1-3H3,(H,28,33)(H,29,34). The van der Waals surface area contributed by atoms with Crippen molar-refractivity contribution < 1.29 is 27.5 Å². The van der Waals surface area contributed by atoms with Crippen LogP contribution in [0.15, 0.2) is 36.5 Å². The fourth-order valence-electron chi connectivity index (χ4n) is 3.77. The van der Waals surface area contributed by atoms with Crippen LogP contribution in [0, 0.1) is 18.7 Å². The molecular formula is C23H23F3N6O3. The van der Waals surface area contributed by atoms with E-state index in [1.165, 1.54) is 23.0 Å². The van der Waals surface area contributed by atoms with E-state index in [-0.39, 0.29) is 11.5 Å². The van der Waals surface area contributed by atoms with Gasteiger partial charge in [-0.3, -0.25) is 15.1 Å². The summed E-state index contributed by atoms with van der Waals surface area (Å²) in [7, 11) is 1.56. The number of halogens is 3. The Labute approximate surface area is 198 Å². The lowest BCUT2D eigenvalue weighted by Gasteiger charge is -2.33. The van der Waals surface area contributed by atoms with Crippen LogP contribution in [-0.2, 0) is 16.6 Å². The van der Waals surface area contributed by atoms with E-state index in [9.17, 15) is 22.8 Å². The van der Waals surface area contributed by atoms with Gasteiger partial charge in [0.25, 0.3) is 0 Å². The highest BCUT2D eigenvalue weighted by Gasteiger charge is 2.48. The molecule has 184 valence electrons. The molecule has 3 aromatic rings. The van der Waals surface area contributed by atoms with Crippen LogP contribution >= 0.6 is 0 Å². The summed E-state index contributed by atoms with van der Waals surface area (Å²) >= 11 is 0. The highest BCUT2D eigenvalue weighted by molar-refractivity contribution is 5.93. The Morgan fingerprint density at radius 1 is 1.20 bits per heavy atom. The summed E-state index contributed by atoms with van der Waals surface area (Å²) in [4.78, 5) is 28.8. The van der Waals surface area contributed by atoms with Crippen molar-refractivity contribution >= 4 is 23.5 Å². The molecule has 1 aromatic carbocycles. The molecule has 1 saturated carbocycles. The first kappa shape index (κ1) is 24.2. The lowest BCUT2D eigenvalue weighted by atomic mass is 9.81. The minimum atomic E-state index is -2.78. The molecule has 0 spiro atoms. The summed E-state index contributed by atoms with van der Waals surface area (Å²) in [5, 5.41) is 13.1. The molecule has 0 radical (unpaired) electrons. The van der Waals surface area contributed by atoms with Gasteiger partial charge in [-0.15, -0.1) is 5.10 Å². The number of hydrogen-bond acceptors (Lipinski definition) is 6. The molecule has 0 bridgehead atoms. The minimum Gasteiger partial charge on any atom is -0.441 e. The highest BCUT2D eigenvalue weighted by atomic mass is 19.3. The van der Waals surface area contributed by atoms with Crippen LogP contribution in [0.25, 0.3) is 11.4 Å². The normalized spacial score (nSPS) is 15.7.